The van der Waals surface area contributed by atoms with Gasteiger partial charge in [0, 0.05) is 65.3 Å². The number of piperazine rings is 1. The maximum atomic E-state index is 11.9. The van der Waals surface area contributed by atoms with Gasteiger partial charge in [-0.1, -0.05) is 0 Å². The molecule has 1 aliphatic rings. The van der Waals surface area contributed by atoms with Gasteiger partial charge in [0.05, 0.1) is 13.2 Å². The monoisotopic (exact) mass is 390 g/mol. The first-order valence-electron chi connectivity index (χ1n) is 10.0. The van der Waals surface area contributed by atoms with E-state index in [-0.39, 0.29) is 5.91 Å². The summed E-state index contributed by atoms with van der Waals surface area (Å²) < 4.78 is 4.95. The minimum Gasteiger partial charge on any atom is -0.383 e. The molecule has 0 aromatic carbocycles. The summed E-state index contributed by atoms with van der Waals surface area (Å²) in [7, 11) is 1.63. The van der Waals surface area contributed by atoms with E-state index in [2.05, 4.69) is 45.3 Å². The van der Waals surface area contributed by atoms with Crippen LogP contribution in [0.3, 0.4) is 0 Å². The van der Waals surface area contributed by atoms with E-state index in [0.29, 0.717) is 19.7 Å². The number of rotatable bonds is 9. The molecule has 0 radical (unpaired) electrons. The van der Waals surface area contributed by atoms with Crippen molar-refractivity contribution < 1.29 is 9.53 Å². The molecule has 2 heterocycles. The zero-order valence-corrected chi connectivity index (χ0v) is 17.4. The Bertz CT molecular complexity index is 629. The van der Waals surface area contributed by atoms with E-state index in [1.54, 1.807) is 7.11 Å². The maximum Gasteiger partial charge on any atom is 0.234 e. The quantitative estimate of drug-likeness (QED) is 0.358. The fourth-order valence-electron chi connectivity index (χ4n) is 3.16. The molecule has 2 rings (SSSR count). The average molecular weight is 391 g/mol. The molecule has 0 bridgehead atoms. The number of aromatic nitrogens is 1. The first-order valence-corrected chi connectivity index (χ1v) is 10.0. The highest BCUT2D eigenvalue weighted by molar-refractivity contribution is 5.80. The Hall–Kier alpha value is -2.19. The van der Waals surface area contributed by atoms with Gasteiger partial charge in [-0.25, -0.2) is 0 Å². The lowest BCUT2D eigenvalue weighted by molar-refractivity contribution is -0.122. The third-order valence-corrected chi connectivity index (χ3v) is 4.78. The largest absolute Gasteiger partial charge is 0.383 e. The lowest BCUT2D eigenvalue weighted by Gasteiger charge is -2.36. The first-order chi connectivity index (χ1) is 13.6. The van der Waals surface area contributed by atoms with Crippen LogP contribution in [0.5, 0.6) is 0 Å². The lowest BCUT2D eigenvalue weighted by atomic mass is 10.1. The number of nitrogens with zero attached hydrogens (tertiary/aromatic N) is 4. The van der Waals surface area contributed by atoms with E-state index in [1.807, 2.05) is 12.4 Å². The van der Waals surface area contributed by atoms with Crippen LogP contribution in [-0.2, 0) is 16.0 Å². The molecular weight excluding hydrogens is 356 g/mol. The van der Waals surface area contributed by atoms with Gasteiger partial charge < -0.3 is 20.3 Å². The fourth-order valence-corrected chi connectivity index (χ4v) is 3.16. The number of hydrogen-bond acceptors (Lipinski definition) is 5. The van der Waals surface area contributed by atoms with Gasteiger partial charge in [-0.3, -0.25) is 19.7 Å². The van der Waals surface area contributed by atoms with Crippen molar-refractivity contribution in [3.05, 3.63) is 29.6 Å². The summed E-state index contributed by atoms with van der Waals surface area (Å²) in [6.07, 6.45) is 4.64. The molecule has 1 amide bonds. The molecule has 1 aliphatic heterocycles. The first kappa shape index (κ1) is 22.1. The summed E-state index contributed by atoms with van der Waals surface area (Å²) in [5.74, 6) is 1.01. The zero-order valence-electron chi connectivity index (χ0n) is 17.4. The average Bonchev–Trinajstić information content (AvgIpc) is 2.69. The van der Waals surface area contributed by atoms with Crippen LogP contribution in [0.1, 0.15) is 18.1 Å². The van der Waals surface area contributed by atoms with Crippen LogP contribution < -0.4 is 10.6 Å². The molecule has 1 aromatic rings. The summed E-state index contributed by atoms with van der Waals surface area (Å²) in [6, 6.07) is 2.06. The Balaban J connectivity index is 1.80. The van der Waals surface area contributed by atoms with Gasteiger partial charge in [0.15, 0.2) is 5.96 Å². The Morgan fingerprint density at radius 2 is 2.07 bits per heavy atom. The third-order valence-electron chi connectivity index (χ3n) is 4.78. The molecule has 8 heteroatoms. The second-order valence-corrected chi connectivity index (χ2v) is 6.89. The lowest BCUT2D eigenvalue weighted by Crippen LogP contribution is -2.54. The van der Waals surface area contributed by atoms with Crippen molar-refractivity contribution in [2.75, 3.05) is 66.1 Å². The number of carbonyl (C=O) groups is 1. The van der Waals surface area contributed by atoms with Crippen molar-refractivity contribution >= 4 is 11.9 Å². The van der Waals surface area contributed by atoms with Crippen molar-refractivity contribution in [2.45, 2.75) is 20.3 Å². The second-order valence-electron chi connectivity index (χ2n) is 6.89. The van der Waals surface area contributed by atoms with E-state index in [1.165, 1.54) is 11.1 Å². The molecule has 156 valence electrons. The number of carbonyl (C=O) groups excluding carboxylic acids is 1. The van der Waals surface area contributed by atoms with Crippen molar-refractivity contribution in [1.82, 2.24) is 25.4 Å². The van der Waals surface area contributed by atoms with Gasteiger partial charge in [-0.05, 0) is 37.5 Å². The number of amides is 1. The summed E-state index contributed by atoms with van der Waals surface area (Å²) >= 11 is 0. The Morgan fingerprint density at radius 3 is 2.75 bits per heavy atom. The van der Waals surface area contributed by atoms with E-state index < -0.39 is 0 Å². The number of methoxy groups -OCH3 is 1. The molecule has 0 aliphatic carbocycles. The highest BCUT2D eigenvalue weighted by Crippen LogP contribution is 2.07. The molecule has 1 fully saturated rings. The van der Waals surface area contributed by atoms with E-state index >= 15 is 0 Å². The molecule has 2 N–H and O–H groups in total. The third kappa shape index (κ3) is 7.44. The van der Waals surface area contributed by atoms with Crippen LogP contribution in [0.2, 0.25) is 0 Å². The van der Waals surface area contributed by atoms with Crippen molar-refractivity contribution in [2.24, 2.45) is 4.99 Å². The molecule has 28 heavy (non-hydrogen) atoms. The van der Waals surface area contributed by atoms with Crippen LogP contribution in [0, 0.1) is 6.92 Å². The van der Waals surface area contributed by atoms with Crippen molar-refractivity contribution in [3.63, 3.8) is 0 Å². The summed E-state index contributed by atoms with van der Waals surface area (Å²) in [5, 5.41) is 6.27. The molecule has 0 spiro atoms. The predicted molar refractivity (Wildman–Crippen MR) is 112 cm³/mol. The van der Waals surface area contributed by atoms with Gasteiger partial charge >= 0.3 is 0 Å². The molecule has 8 nitrogen and oxygen atoms in total. The van der Waals surface area contributed by atoms with E-state index in [4.69, 9.17) is 9.73 Å². The van der Waals surface area contributed by atoms with E-state index in [0.717, 1.165) is 51.6 Å². The van der Waals surface area contributed by atoms with E-state index in [9.17, 15) is 4.79 Å². The topological polar surface area (TPSA) is 82.1 Å². The summed E-state index contributed by atoms with van der Waals surface area (Å²) in [5.41, 5.74) is 2.50. The maximum absolute atomic E-state index is 11.9. The molecule has 0 saturated carbocycles. The summed E-state index contributed by atoms with van der Waals surface area (Å²) in [6.45, 7) is 10.7. The van der Waals surface area contributed by atoms with Gasteiger partial charge in [-0.15, -0.1) is 0 Å². The number of pyridine rings is 1. The Labute approximate surface area is 168 Å². The van der Waals surface area contributed by atoms with Crippen LogP contribution in [0.15, 0.2) is 23.5 Å². The zero-order chi connectivity index (χ0) is 20.2. The van der Waals surface area contributed by atoms with Crippen LogP contribution in [0.25, 0.3) is 0 Å². The highest BCUT2D eigenvalue weighted by atomic mass is 16.5. The SMILES string of the molecule is CCNC(=NCCc1ccncc1C)N1CCN(CC(=O)NCCOC)CC1. The molecule has 0 unspecified atom stereocenters. The standard InChI is InChI=1S/C20H34N6O2/c1-4-22-20(24-8-6-18-5-7-21-15-17(18)2)26-12-10-25(11-13-26)16-19(27)23-9-14-28-3/h5,7,15H,4,6,8-14,16H2,1-3H3,(H,22,24)(H,23,27). The van der Waals surface area contributed by atoms with Crippen molar-refractivity contribution in [1.29, 1.82) is 0 Å². The minimum absolute atomic E-state index is 0.0544. The number of aliphatic imine (C=N–C) groups is 1. The van der Waals surface area contributed by atoms with Crippen LogP contribution in [-0.4, -0.2) is 92.7 Å². The molecule has 0 atom stereocenters. The number of ether oxygens (including phenoxy) is 1. The van der Waals surface area contributed by atoms with Gasteiger partial charge in [-0.2, -0.15) is 0 Å². The number of guanidine groups is 1. The highest BCUT2D eigenvalue weighted by Gasteiger charge is 2.21. The van der Waals surface area contributed by atoms with Crippen LogP contribution >= 0.6 is 0 Å². The number of nitrogens with one attached hydrogen (secondary N) is 2. The Morgan fingerprint density at radius 1 is 1.29 bits per heavy atom. The van der Waals surface area contributed by atoms with Crippen molar-refractivity contribution in [3.8, 4) is 0 Å². The van der Waals surface area contributed by atoms with Gasteiger partial charge in [0.25, 0.3) is 0 Å². The normalized spacial score (nSPS) is 15.5. The minimum atomic E-state index is 0.0544. The van der Waals surface area contributed by atoms with Gasteiger partial charge in [0.2, 0.25) is 5.91 Å². The number of hydrogen-bond donors (Lipinski definition) is 2. The number of aryl methyl sites for hydroxylation is 1. The smallest absolute Gasteiger partial charge is 0.234 e. The van der Waals surface area contributed by atoms with Crippen LogP contribution in [0.4, 0.5) is 0 Å². The fraction of sp³-hybridized carbons (Fsp3) is 0.650. The predicted octanol–water partition coefficient (Wildman–Crippen LogP) is 0.278. The molecule has 1 saturated heterocycles. The molecular formula is C20H34N6O2. The summed E-state index contributed by atoms with van der Waals surface area (Å²) in [4.78, 5) is 25.4. The Kier molecular flexibility index (Phi) is 9.71. The molecule has 1 aromatic heterocycles. The second kappa shape index (κ2) is 12.3. The van der Waals surface area contributed by atoms with Gasteiger partial charge in [0.1, 0.15) is 0 Å².